The first kappa shape index (κ1) is 17.1. The average molecular weight is 322 g/mol. The second-order valence-corrected chi connectivity index (χ2v) is 6.45. The average Bonchev–Trinajstić information content (AvgIpc) is 2.52. The maximum absolute atomic E-state index is 12.4. The Morgan fingerprint density at radius 1 is 1.05 bits per heavy atom. The van der Waals surface area contributed by atoms with E-state index >= 15 is 0 Å². The molecule has 1 saturated carbocycles. The number of allylic oxidation sites excluding steroid dienone is 1. The molecule has 0 aromatic rings. The molecule has 0 unspecified atom stereocenters. The van der Waals surface area contributed by atoms with E-state index in [1.54, 1.807) is 0 Å². The van der Waals surface area contributed by atoms with Gasteiger partial charge in [-0.3, -0.25) is 19.4 Å². The van der Waals surface area contributed by atoms with E-state index in [1.165, 1.54) is 41.9 Å². The molecule has 4 nitrogen and oxygen atoms in total. The number of likely N-dealkylation sites (N-methyl/N-ethyl adjacent to an activating group) is 2. The van der Waals surface area contributed by atoms with Gasteiger partial charge in [-0.05, 0) is 44.8 Å². The molecule has 122 valence electrons. The van der Waals surface area contributed by atoms with Crippen LogP contribution in [0, 0.1) is 5.92 Å². The van der Waals surface area contributed by atoms with Gasteiger partial charge in [0.1, 0.15) is 5.57 Å². The lowest BCUT2D eigenvalue weighted by Crippen LogP contribution is -2.55. The highest BCUT2D eigenvalue weighted by molar-refractivity contribution is 7.80. The molecule has 5 heteroatoms. The van der Waals surface area contributed by atoms with Crippen molar-refractivity contribution in [3.63, 3.8) is 0 Å². The molecule has 2 amide bonds. The SMILES string of the molecule is CCN1C(=O)C(=CCCC2CCCCC2)C(=O)N(CC)C1=S. The summed E-state index contributed by atoms with van der Waals surface area (Å²) in [6.45, 7) is 4.77. The third kappa shape index (κ3) is 3.57. The highest BCUT2D eigenvalue weighted by atomic mass is 32.1. The van der Waals surface area contributed by atoms with Crippen molar-refractivity contribution in [1.82, 2.24) is 9.80 Å². The van der Waals surface area contributed by atoms with Crippen LogP contribution in [0.15, 0.2) is 11.6 Å². The molecule has 0 bridgehead atoms. The van der Waals surface area contributed by atoms with Gasteiger partial charge in [0.25, 0.3) is 11.8 Å². The summed E-state index contributed by atoms with van der Waals surface area (Å²) in [6, 6.07) is 0. The lowest BCUT2D eigenvalue weighted by atomic mass is 9.86. The smallest absolute Gasteiger partial charge is 0.265 e. The van der Waals surface area contributed by atoms with Crippen molar-refractivity contribution in [2.24, 2.45) is 5.92 Å². The molecule has 1 aliphatic heterocycles. The molecule has 1 aliphatic carbocycles. The predicted molar refractivity (Wildman–Crippen MR) is 91.3 cm³/mol. The Bertz CT molecular complexity index is 453. The fraction of sp³-hybridized carbons (Fsp3) is 0.706. The van der Waals surface area contributed by atoms with Crippen molar-refractivity contribution < 1.29 is 9.59 Å². The second kappa shape index (κ2) is 7.86. The van der Waals surface area contributed by atoms with E-state index in [0.717, 1.165) is 18.8 Å². The number of amides is 2. The summed E-state index contributed by atoms with van der Waals surface area (Å²) in [5, 5.41) is 0.337. The quantitative estimate of drug-likeness (QED) is 0.443. The van der Waals surface area contributed by atoms with E-state index in [0.29, 0.717) is 23.8 Å². The molecule has 2 aliphatic rings. The summed E-state index contributed by atoms with van der Waals surface area (Å²) in [5.74, 6) is 0.293. The Hall–Kier alpha value is -1.23. The molecular formula is C17H26N2O2S. The first-order valence-corrected chi connectivity index (χ1v) is 8.88. The van der Waals surface area contributed by atoms with Gasteiger partial charge in [0, 0.05) is 13.1 Å². The Morgan fingerprint density at radius 2 is 1.59 bits per heavy atom. The van der Waals surface area contributed by atoms with Crippen molar-refractivity contribution in [3.8, 4) is 0 Å². The summed E-state index contributed by atoms with van der Waals surface area (Å²) in [6.07, 6.45) is 10.3. The Morgan fingerprint density at radius 3 is 2.09 bits per heavy atom. The number of hydrogen-bond donors (Lipinski definition) is 0. The maximum Gasteiger partial charge on any atom is 0.265 e. The highest BCUT2D eigenvalue weighted by Gasteiger charge is 2.37. The van der Waals surface area contributed by atoms with Crippen LogP contribution in [0.5, 0.6) is 0 Å². The third-order valence-corrected chi connectivity index (χ3v) is 5.13. The van der Waals surface area contributed by atoms with E-state index < -0.39 is 0 Å². The molecule has 0 spiro atoms. The molecule has 0 radical (unpaired) electrons. The number of carbonyl (C=O) groups is 2. The van der Waals surface area contributed by atoms with Gasteiger partial charge in [0.05, 0.1) is 0 Å². The van der Waals surface area contributed by atoms with Crippen molar-refractivity contribution in [3.05, 3.63) is 11.6 Å². The van der Waals surface area contributed by atoms with Crippen LogP contribution in [0.4, 0.5) is 0 Å². The first-order chi connectivity index (χ1) is 10.6. The molecule has 0 aromatic carbocycles. The number of rotatable bonds is 5. The maximum atomic E-state index is 12.4. The number of nitrogens with zero attached hydrogens (tertiary/aromatic N) is 2. The van der Waals surface area contributed by atoms with Crippen LogP contribution in [0.3, 0.4) is 0 Å². The molecule has 0 aromatic heterocycles. The van der Waals surface area contributed by atoms with E-state index in [1.807, 2.05) is 19.9 Å². The van der Waals surface area contributed by atoms with Crippen LogP contribution >= 0.6 is 12.2 Å². The lowest BCUT2D eigenvalue weighted by molar-refractivity contribution is -0.133. The molecule has 22 heavy (non-hydrogen) atoms. The molecule has 2 fully saturated rings. The molecule has 0 N–H and O–H groups in total. The van der Waals surface area contributed by atoms with Crippen LogP contribution in [0.25, 0.3) is 0 Å². The Kier molecular flexibility index (Phi) is 6.12. The third-order valence-electron chi connectivity index (χ3n) is 4.69. The van der Waals surface area contributed by atoms with Crippen molar-refractivity contribution in [2.45, 2.75) is 58.8 Å². The molecule has 2 rings (SSSR count). The first-order valence-electron chi connectivity index (χ1n) is 8.48. The Balaban J connectivity index is 2.05. The van der Waals surface area contributed by atoms with Gasteiger partial charge in [0.2, 0.25) is 0 Å². The second-order valence-electron chi connectivity index (χ2n) is 6.08. The zero-order valence-corrected chi connectivity index (χ0v) is 14.5. The molecule has 1 heterocycles. The van der Waals surface area contributed by atoms with Gasteiger partial charge in [-0.1, -0.05) is 38.2 Å². The summed E-state index contributed by atoms with van der Waals surface area (Å²) < 4.78 is 0. The monoisotopic (exact) mass is 322 g/mol. The Labute approximate surface area is 138 Å². The minimum absolute atomic E-state index is 0.231. The standard InChI is InChI=1S/C17H26N2O2S/c1-3-18-15(20)14(16(21)19(4-2)17(18)22)12-8-11-13-9-6-5-7-10-13/h12-13H,3-11H2,1-2H3. The van der Waals surface area contributed by atoms with Crippen LogP contribution in [0.1, 0.15) is 58.8 Å². The van der Waals surface area contributed by atoms with Crippen molar-refractivity contribution in [2.75, 3.05) is 13.1 Å². The van der Waals surface area contributed by atoms with Gasteiger partial charge in [-0.25, -0.2) is 0 Å². The van der Waals surface area contributed by atoms with Gasteiger partial charge in [-0.2, -0.15) is 0 Å². The number of carbonyl (C=O) groups excluding carboxylic acids is 2. The van der Waals surface area contributed by atoms with E-state index in [2.05, 4.69) is 0 Å². The zero-order valence-electron chi connectivity index (χ0n) is 13.6. The zero-order chi connectivity index (χ0) is 16.1. The predicted octanol–water partition coefficient (Wildman–Crippen LogP) is 3.27. The van der Waals surface area contributed by atoms with Gasteiger partial charge >= 0.3 is 0 Å². The fourth-order valence-corrected chi connectivity index (χ4v) is 3.80. The summed E-state index contributed by atoms with van der Waals surface area (Å²) in [7, 11) is 0. The minimum Gasteiger partial charge on any atom is -0.285 e. The number of thiocarbonyl (C=S) groups is 1. The molecular weight excluding hydrogens is 296 g/mol. The van der Waals surface area contributed by atoms with Crippen LogP contribution in [-0.2, 0) is 9.59 Å². The van der Waals surface area contributed by atoms with Crippen molar-refractivity contribution in [1.29, 1.82) is 0 Å². The topological polar surface area (TPSA) is 40.6 Å². The molecule has 1 saturated heterocycles. The number of hydrogen-bond acceptors (Lipinski definition) is 3. The highest BCUT2D eigenvalue weighted by Crippen LogP contribution is 2.28. The van der Waals surface area contributed by atoms with Gasteiger partial charge < -0.3 is 0 Å². The van der Waals surface area contributed by atoms with Crippen LogP contribution < -0.4 is 0 Å². The van der Waals surface area contributed by atoms with E-state index in [4.69, 9.17) is 12.2 Å². The summed E-state index contributed by atoms with van der Waals surface area (Å²) >= 11 is 5.25. The van der Waals surface area contributed by atoms with Gasteiger partial charge in [0.15, 0.2) is 5.11 Å². The fourth-order valence-electron chi connectivity index (χ4n) is 3.37. The van der Waals surface area contributed by atoms with Gasteiger partial charge in [-0.15, -0.1) is 0 Å². The largest absolute Gasteiger partial charge is 0.285 e. The molecule has 0 atom stereocenters. The van der Waals surface area contributed by atoms with E-state index in [-0.39, 0.29) is 11.8 Å². The summed E-state index contributed by atoms with van der Waals surface area (Å²) in [5.41, 5.74) is 0.299. The van der Waals surface area contributed by atoms with Crippen molar-refractivity contribution >= 4 is 29.1 Å². The minimum atomic E-state index is -0.231. The lowest BCUT2D eigenvalue weighted by Gasteiger charge is -2.35. The van der Waals surface area contributed by atoms with E-state index in [9.17, 15) is 9.59 Å². The normalized spacial score (nSPS) is 20.8. The van der Waals surface area contributed by atoms with Crippen LogP contribution in [0.2, 0.25) is 0 Å². The summed E-state index contributed by atoms with van der Waals surface area (Å²) in [4.78, 5) is 27.9. The van der Waals surface area contributed by atoms with Crippen LogP contribution in [-0.4, -0.2) is 39.8 Å².